The quantitative estimate of drug-likeness (QED) is 0.710. The van der Waals surface area contributed by atoms with Gasteiger partial charge in [0.25, 0.3) is 5.91 Å². The van der Waals surface area contributed by atoms with Crippen LogP contribution in [0.5, 0.6) is 5.75 Å². The summed E-state index contributed by atoms with van der Waals surface area (Å²) in [5.74, 6) is -1.61. The molecule has 0 saturated heterocycles. The van der Waals surface area contributed by atoms with E-state index in [4.69, 9.17) is 10.2 Å². The van der Waals surface area contributed by atoms with Gasteiger partial charge in [-0.25, -0.2) is 4.79 Å². The van der Waals surface area contributed by atoms with Crippen molar-refractivity contribution in [1.82, 2.24) is 5.32 Å². The van der Waals surface area contributed by atoms with Crippen molar-refractivity contribution in [2.24, 2.45) is 0 Å². The third-order valence-corrected chi connectivity index (χ3v) is 2.12. The van der Waals surface area contributed by atoms with Gasteiger partial charge in [0.1, 0.15) is 11.8 Å². The number of amides is 1. The Hall–Kier alpha value is -2.04. The summed E-state index contributed by atoms with van der Waals surface area (Å²) in [6.45, 7) is 1.67. The van der Waals surface area contributed by atoms with Crippen LogP contribution in [0, 0.1) is 0 Å². The summed E-state index contributed by atoms with van der Waals surface area (Å²) in [5, 5.41) is 20.3. The molecule has 0 aromatic heterocycles. The fourth-order valence-corrected chi connectivity index (χ4v) is 1.23. The first kappa shape index (κ1) is 12.0. The Morgan fingerprint density at radius 3 is 2.62 bits per heavy atom. The van der Waals surface area contributed by atoms with Crippen LogP contribution < -0.4 is 5.32 Å². The van der Waals surface area contributed by atoms with Gasteiger partial charge in [0.15, 0.2) is 0 Å². The number of carboxylic acid groups (broad SMARTS) is 1. The Morgan fingerprint density at radius 1 is 1.44 bits per heavy atom. The standard InChI is InChI=1S/C11H13NO4/c1-2-9(11(15)16)12-10(14)7-4-3-5-8(13)6-7/h3-6,9,13H,2H2,1H3,(H,12,14)(H,15,16). The van der Waals surface area contributed by atoms with E-state index in [9.17, 15) is 9.59 Å². The van der Waals surface area contributed by atoms with Gasteiger partial charge in [-0.3, -0.25) is 4.79 Å². The lowest BCUT2D eigenvalue weighted by atomic mass is 10.1. The highest BCUT2D eigenvalue weighted by molar-refractivity contribution is 5.96. The summed E-state index contributed by atoms with van der Waals surface area (Å²) in [6.07, 6.45) is 0.305. The van der Waals surface area contributed by atoms with Crippen molar-refractivity contribution in [3.8, 4) is 5.75 Å². The Labute approximate surface area is 92.7 Å². The molecule has 1 aromatic carbocycles. The first-order valence-electron chi connectivity index (χ1n) is 4.87. The molecule has 1 atom stereocenters. The van der Waals surface area contributed by atoms with E-state index in [2.05, 4.69) is 5.32 Å². The zero-order valence-corrected chi connectivity index (χ0v) is 8.80. The first-order chi connectivity index (χ1) is 7.54. The van der Waals surface area contributed by atoms with E-state index < -0.39 is 17.9 Å². The molecule has 0 bridgehead atoms. The average Bonchev–Trinajstić information content (AvgIpc) is 2.25. The lowest BCUT2D eigenvalue weighted by Crippen LogP contribution is -2.40. The zero-order chi connectivity index (χ0) is 12.1. The monoisotopic (exact) mass is 223 g/mol. The molecular weight excluding hydrogens is 210 g/mol. The molecule has 1 amide bonds. The number of hydrogen-bond acceptors (Lipinski definition) is 3. The van der Waals surface area contributed by atoms with Gasteiger partial charge < -0.3 is 15.5 Å². The van der Waals surface area contributed by atoms with Crippen LogP contribution in [0.2, 0.25) is 0 Å². The van der Waals surface area contributed by atoms with Crippen molar-refractivity contribution >= 4 is 11.9 Å². The number of aliphatic carboxylic acids is 1. The molecule has 1 rings (SSSR count). The lowest BCUT2D eigenvalue weighted by molar-refractivity contribution is -0.139. The first-order valence-corrected chi connectivity index (χ1v) is 4.87. The minimum Gasteiger partial charge on any atom is -0.508 e. The number of rotatable bonds is 4. The van der Waals surface area contributed by atoms with Crippen LogP contribution in [-0.4, -0.2) is 28.1 Å². The van der Waals surface area contributed by atoms with Crippen LogP contribution in [-0.2, 0) is 4.79 Å². The third kappa shape index (κ3) is 2.98. The third-order valence-electron chi connectivity index (χ3n) is 2.12. The van der Waals surface area contributed by atoms with Crippen molar-refractivity contribution in [1.29, 1.82) is 0 Å². The minimum atomic E-state index is -1.07. The number of phenolic OH excluding ortho intramolecular Hbond substituents is 1. The molecule has 0 saturated carbocycles. The molecule has 3 N–H and O–H groups in total. The van der Waals surface area contributed by atoms with Crippen LogP contribution in [0.1, 0.15) is 23.7 Å². The summed E-state index contributed by atoms with van der Waals surface area (Å²) < 4.78 is 0. The molecule has 5 heteroatoms. The maximum Gasteiger partial charge on any atom is 0.326 e. The Kier molecular flexibility index (Phi) is 3.88. The van der Waals surface area contributed by atoms with E-state index in [1.54, 1.807) is 6.92 Å². The fourth-order valence-electron chi connectivity index (χ4n) is 1.23. The predicted molar refractivity (Wildman–Crippen MR) is 57.3 cm³/mol. The largest absolute Gasteiger partial charge is 0.508 e. The number of phenols is 1. The van der Waals surface area contributed by atoms with Gasteiger partial charge in [0.05, 0.1) is 0 Å². The molecule has 0 radical (unpaired) electrons. The predicted octanol–water partition coefficient (Wildman–Crippen LogP) is 0.985. The molecule has 0 aliphatic heterocycles. The molecule has 1 aromatic rings. The summed E-state index contributed by atoms with van der Waals surface area (Å²) in [6, 6.07) is 4.83. The minimum absolute atomic E-state index is 0.0315. The van der Waals surface area contributed by atoms with Crippen molar-refractivity contribution in [3.63, 3.8) is 0 Å². The molecule has 0 aliphatic rings. The smallest absolute Gasteiger partial charge is 0.326 e. The lowest BCUT2D eigenvalue weighted by Gasteiger charge is -2.12. The number of aromatic hydroxyl groups is 1. The molecule has 0 fully saturated rings. The summed E-state index contributed by atoms with van der Waals surface area (Å²) in [7, 11) is 0. The molecule has 86 valence electrons. The second kappa shape index (κ2) is 5.16. The van der Waals surface area contributed by atoms with Gasteiger partial charge in [-0.05, 0) is 24.6 Å². The zero-order valence-electron chi connectivity index (χ0n) is 8.80. The number of hydrogen-bond donors (Lipinski definition) is 3. The number of benzene rings is 1. The SMILES string of the molecule is CCC(NC(=O)c1cccc(O)c1)C(=O)O. The van der Waals surface area contributed by atoms with Crippen LogP contribution in [0.15, 0.2) is 24.3 Å². The topological polar surface area (TPSA) is 86.6 Å². The molecule has 5 nitrogen and oxygen atoms in total. The van der Waals surface area contributed by atoms with E-state index >= 15 is 0 Å². The molecule has 16 heavy (non-hydrogen) atoms. The van der Waals surface area contributed by atoms with E-state index in [0.29, 0.717) is 6.42 Å². The Balaban J connectivity index is 2.75. The second-order valence-corrected chi connectivity index (χ2v) is 3.32. The van der Waals surface area contributed by atoms with Gasteiger partial charge in [-0.15, -0.1) is 0 Å². The van der Waals surface area contributed by atoms with Gasteiger partial charge in [0, 0.05) is 5.56 Å². The normalized spacial score (nSPS) is 11.8. The molecule has 0 aliphatic carbocycles. The molecular formula is C11H13NO4. The molecule has 1 unspecified atom stereocenters. The van der Waals surface area contributed by atoms with Crippen molar-refractivity contribution in [2.75, 3.05) is 0 Å². The van der Waals surface area contributed by atoms with Crippen LogP contribution >= 0.6 is 0 Å². The summed E-state index contributed by atoms with van der Waals surface area (Å²) in [4.78, 5) is 22.3. The highest BCUT2D eigenvalue weighted by Crippen LogP contribution is 2.10. The van der Waals surface area contributed by atoms with Gasteiger partial charge in [0.2, 0.25) is 0 Å². The number of carbonyl (C=O) groups is 2. The highest BCUT2D eigenvalue weighted by Gasteiger charge is 2.18. The van der Waals surface area contributed by atoms with E-state index in [-0.39, 0.29) is 11.3 Å². The van der Waals surface area contributed by atoms with Crippen LogP contribution in [0.4, 0.5) is 0 Å². The van der Waals surface area contributed by atoms with E-state index in [1.165, 1.54) is 24.3 Å². The second-order valence-electron chi connectivity index (χ2n) is 3.32. The van der Waals surface area contributed by atoms with Crippen LogP contribution in [0.3, 0.4) is 0 Å². The number of carbonyl (C=O) groups excluding carboxylic acids is 1. The van der Waals surface area contributed by atoms with Crippen LogP contribution in [0.25, 0.3) is 0 Å². The molecule has 0 spiro atoms. The van der Waals surface area contributed by atoms with Gasteiger partial charge >= 0.3 is 5.97 Å². The van der Waals surface area contributed by atoms with Gasteiger partial charge in [-0.2, -0.15) is 0 Å². The average molecular weight is 223 g/mol. The maximum absolute atomic E-state index is 11.6. The maximum atomic E-state index is 11.6. The number of carboxylic acids is 1. The highest BCUT2D eigenvalue weighted by atomic mass is 16.4. The fraction of sp³-hybridized carbons (Fsp3) is 0.273. The van der Waals surface area contributed by atoms with Crippen molar-refractivity contribution < 1.29 is 19.8 Å². The summed E-state index contributed by atoms with van der Waals surface area (Å²) >= 11 is 0. The van der Waals surface area contributed by atoms with E-state index in [1.807, 2.05) is 0 Å². The summed E-state index contributed by atoms with van der Waals surface area (Å²) in [5.41, 5.74) is 0.236. The van der Waals surface area contributed by atoms with Crippen molar-refractivity contribution in [3.05, 3.63) is 29.8 Å². The molecule has 0 heterocycles. The van der Waals surface area contributed by atoms with Gasteiger partial charge in [-0.1, -0.05) is 13.0 Å². The van der Waals surface area contributed by atoms with Crippen molar-refractivity contribution in [2.45, 2.75) is 19.4 Å². The Morgan fingerprint density at radius 2 is 2.12 bits per heavy atom. The number of nitrogens with one attached hydrogen (secondary N) is 1. The van der Waals surface area contributed by atoms with E-state index in [0.717, 1.165) is 0 Å². The Bertz CT molecular complexity index is 403.